The summed E-state index contributed by atoms with van der Waals surface area (Å²) in [5.74, 6) is 0.636. The molecule has 1 fully saturated rings. The summed E-state index contributed by atoms with van der Waals surface area (Å²) >= 11 is 0. The predicted octanol–water partition coefficient (Wildman–Crippen LogP) is 3.96. The maximum absolute atomic E-state index is 12.3. The minimum absolute atomic E-state index is 0.0384. The number of benzene rings is 1. The quantitative estimate of drug-likeness (QED) is 0.638. The number of H-pyrrole nitrogens is 1. The summed E-state index contributed by atoms with van der Waals surface area (Å²) in [4.78, 5) is 12.3. The van der Waals surface area contributed by atoms with Crippen molar-refractivity contribution in [3.8, 4) is 22.8 Å². The van der Waals surface area contributed by atoms with Gasteiger partial charge in [-0.05, 0) is 30.4 Å². The molecule has 1 saturated carbocycles. The average molecular weight is 343 g/mol. The molecule has 0 saturated heterocycles. The highest BCUT2D eigenvalue weighted by atomic mass is 16.3. The topological polar surface area (TPSA) is 98.2 Å². The first-order valence-electron chi connectivity index (χ1n) is 8.97. The maximum Gasteiger partial charge on any atom is 0.224 e. The van der Waals surface area contributed by atoms with E-state index in [1.54, 1.807) is 12.3 Å². The van der Waals surface area contributed by atoms with Crippen molar-refractivity contribution in [3.05, 3.63) is 23.9 Å². The Morgan fingerprint density at radius 3 is 2.76 bits per heavy atom. The molecule has 25 heavy (non-hydrogen) atoms. The molecule has 6 nitrogen and oxygen atoms in total. The van der Waals surface area contributed by atoms with Crippen LogP contribution in [0.1, 0.15) is 51.0 Å². The standard InChI is InChI=1S/C19H25N3O3/c1-2-13-9-14(17(24)10-16(13)23)19-15(11-20-22-19)21-18(25)8-7-12-5-3-4-6-12/h9-12,23-24H,2-8H2,1H3,(H,20,22)(H,21,25). The smallest absolute Gasteiger partial charge is 0.224 e. The van der Waals surface area contributed by atoms with Gasteiger partial charge in [0.25, 0.3) is 0 Å². The van der Waals surface area contributed by atoms with Crippen LogP contribution in [-0.4, -0.2) is 26.3 Å². The third-order valence-corrected chi connectivity index (χ3v) is 5.02. The number of hydrogen-bond acceptors (Lipinski definition) is 4. The number of rotatable bonds is 6. The number of anilines is 1. The van der Waals surface area contributed by atoms with E-state index in [0.29, 0.717) is 35.7 Å². The first kappa shape index (κ1) is 17.3. The molecule has 0 aliphatic heterocycles. The minimum Gasteiger partial charge on any atom is -0.508 e. The first-order chi connectivity index (χ1) is 12.1. The number of carbonyl (C=O) groups is 1. The number of hydrogen-bond donors (Lipinski definition) is 4. The van der Waals surface area contributed by atoms with Crippen LogP contribution in [0.3, 0.4) is 0 Å². The summed E-state index contributed by atoms with van der Waals surface area (Å²) in [5, 5.41) is 29.7. The molecule has 0 bridgehead atoms. The second-order valence-electron chi connectivity index (χ2n) is 6.75. The lowest BCUT2D eigenvalue weighted by atomic mass is 10.0. The number of phenols is 2. The second kappa shape index (κ2) is 7.59. The molecule has 134 valence electrons. The van der Waals surface area contributed by atoms with Crippen molar-refractivity contribution >= 4 is 11.6 Å². The highest BCUT2D eigenvalue weighted by Crippen LogP contribution is 2.37. The van der Waals surface area contributed by atoms with Gasteiger partial charge in [0.05, 0.1) is 17.6 Å². The Morgan fingerprint density at radius 1 is 1.28 bits per heavy atom. The van der Waals surface area contributed by atoms with Crippen LogP contribution in [0.2, 0.25) is 0 Å². The first-order valence-corrected chi connectivity index (χ1v) is 8.97. The van der Waals surface area contributed by atoms with Crippen molar-refractivity contribution in [1.29, 1.82) is 0 Å². The zero-order valence-electron chi connectivity index (χ0n) is 14.5. The normalized spacial score (nSPS) is 14.8. The molecular weight excluding hydrogens is 318 g/mol. The lowest BCUT2D eigenvalue weighted by molar-refractivity contribution is -0.116. The molecule has 0 spiro atoms. The van der Waals surface area contributed by atoms with E-state index in [1.165, 1.54) is 31.7 Å². The van der Waals surface area contributed by atoms with E-state index in [-0.39, 0.29) is 17.4 Å². The summed E-state index contributed by atoms with van der Waals surface area (Å²) in [6.45, 7) is 1.93. The summed E-state index contributed by atoms with van der Waals surface area (Å²) in [6, 6.07) is 3.03. The van der Waals surface area contributed by atoms with Gasteiger partial charge in [0.2, 0.25) is 5.91 Å². The van der Waals surface area contributed by atoms with E-state index in [2.05, 4.69) is 15.5 Å². The number of aryl methyl sites for hydroxylation is 1. The van der Waals surface area contributed by atoms with Crippen LogP contribution in [-0.2, 0) is 11.2 Å². The highest BCUT2D eigenvalue weighted by Gasteiger charge is 2.19. The van der Waals surface area contributed by atoms with Gasteiger partial charge < -0.3 is 15.5 Å². The molecule has 4 N–H and O–H groups in total. The van der Waals surface area contributed by atoms with Crippen LogP contribution in [0.5, 0.6) is 11.5 Å². The van der Waals surface area contributed by atoms with Gasteiger partial charge in [-0.25, -0.2) is 0 Å². The Kier molecular flexibility index (Phi) is 5.26. The Bertz CT molecular complexity index is 748. The van der Waals surface area contributed by atoms with Crippen LogP contribution in [0.25, 0.3) is 11.3 Å². The van der Waals surface area contributed by atoms with E-state index >= 15 is 0 Å². The number of nitrogens with one attached hydrogen (secondary N) is 2. The van der Waals surface area contributed by atoms with E-state index < -0.39 is 0 Å². The zero-order valence-corrected chi connectivity index (χ0v) is 14.5. The highest BCUT2D eigenvalue weighted by molar-refractivity contribution is 5.95. The molecule has 3 rings (SSSR count). The van der Waals surface area contributed by atoms with Crippen LogP contribution in [0, 0.1) is 5.92 Å². The van der Waals surface area contributed by atoms with Gasteiger partial charge in [0, 0.05) is 18.1 Å². The lowest BCUT2D eigenvalue weighted by Gasteiger charge is -2.11. The SMILES string of the molecule is CCc1cc(-c2[nH]ncc2NC(=O)CCC2CCCC2)c(O)cc1O. The number of nitrogens with zero attached hydrogens (tertiary/aromatic N) is 1. The Labute approximate surface area is 147 Å². The third-order valence-electron chi connectivity index (χ3n) is 5.02. The fraction of sp³-hybridized carbons (Fsp3) is 0.474. The van der Waals surface area contributed by atoms with E-state index in [9.17, 15) is 15.0 Å². The van der Waals surface area contributed by atoms with Gasteiger partial charge in [0.15, 0.2) is 0 Å². The predicted molar refractivity (Wildman–Crippen MR) is 96.6 cm³/mol. The van der Waals surface area contributed by atoms with Gasteiger partial charge in [-0.15, -0.1) is 0 Å². The second-order valence-corrected chi connectivity index (χ2v) is 6.75. The molecule has 0 unspecified atom stereocenters. The molecule has 1 aliphatic rings. The molecule has 1 aromatic heterocycles. The number of aromatic amines is 1. The molecule has 0 atom stereocenters. The summed E-state index contributed by atoms with van der Waals surface area (Å²) in [5.41, 5.74) is 2.32. The Balaban J connectivity index is 1.73. The van der Waals surface area contributed by atoms with Crippen LogP contribution >= 0.6 is 0 Å². The van der Waals surface area contributed by atoms with E-state index in [4.69, 9.17) is 0 Å². The van der Waals surface area contributed by atoms with Gasteiger partial charge in [-0.2, -0.15) is 5.10 Å². The summed E-state index contributed by atoms with van der Waals surface area (Å²) in [6.07, 6.45) is 8.60. The number of aromatic nitrogens is 2. The van der Waals surface area contributed by atoms with Crippen LogP contribution in [0.15, 0.2) is 18.3 Å². The lowest BCUT2D eigenvalue weighted by Crippen LogP contribution is -2.13. The van der Waals surface area contributed by atoms with Crippen molar-refractivity contribution in [3.63, 3.8) is 0 Å². The molecule has 1 amide bonds. The fourth-order valence-electron chi connectivity index (χ4n) is 3.54. The molecule has 0 radical (unpaired) electrons. The Hall–Kier alpha value is -2.50. The van der Waals surface area contributed by atoms with Crippen molar-refractivity contribution in [2.75, 3.05) is 5.32 Å². The van der Waals surface area contributed by atoms with Gasteiger partial charge in [0.1, 0.15) is 11.5 Å². The summed E-state index contributed by atoms with van der Waals surface area (Å²) < 4.78 is 0. The third kappa shape index (κ3) is 3.95. The van der Waals surface area contributed by atoms with Crippen LogP contribution < -0.4 is 5.32 Å². The summed E-state index contributed by atoms with van der Waals surface area (Å²) in [7, 11) is 0. The monoisotopic (exact) mass is 343 g/mol. The number of amides is 1. The molecule has 1 heterocycles. The number of phenolic OH excluding ortho intramolecular Hbond substituents is 2. The molecule has 1 aliphatic carbocycles. The zero-order chi connectivity index (χ0) is 17.8. The van der Waals surface area contributed by atoms with Gasteiger partial charge in [-0.3, -0.25) is 9.89 Å². The molecular formula is C19H25N3O3. The van der Waals surface area contributed by atoms with Crippen LogP contribution in [0.4, 0.5) is 5.69 Å². The fourth-order valence-corrected chi connectivity index (χ4v) is 3.54. The Morgan fingerprint density at radius 2 is 2.04 bits per heavy atom. The maximum atomic E-state index is 12.3. The minimum atomic E-state index is -0.0552. The van der Waals surface area contributed by atoms with Gasteiger partial charge in [-0.1, -0.05) is 32.6 Å². The number of aromatic hydroxyl groups is 2. The molecule has 6 heteroatoms. The molecule has 1 aromatic carbocycles. The van der Waals surface area contributed by atoms with Crippen molar-refractivity contribution in [2.45, 2.75) is 51.9 Å². The largest absolute Gasteiger partial charge is 0.508 e. The average Bonchev–Trinajstić information content (AvgIpc) is 3.25. The van der Waals surface area contributed by atoms with Crippen molar-refractivity contribution in [1.82, 2.24) is 10.2 Å². The molecule has 2 aromatic rings. The number of carbonyl (C=O) groups excluding carboxylic acids is 1. The van der Waals surface area contributed by atoms with E-state index in [1.807, 2.05) is 6.92 Å². The van der Waals surface area contributed by atoms with Crippen molar-refractivity contribution < 1.29 is 15.0 Å². The van der Waals surface area contributed by atoms with E-state index in [0.717, 1.165) is 12.0 Å². The van der Waals surface area contributed by atoms with Crippen molar-refractivity contribution in [2.24, 2.45) is 5.92 Å². The van der Waals surface area contributed by atoms with Gasteiger partial charge >= 0.3 is 0 Å².